The van der Waals surface area contributed by atoms with Crippen molar-refractivity contribution < 1.29 is 34.4 Å². The SMILES string of the molecule is O=COCC(O)(CC(=O)O)C(=O)O. The van der Waals surface area contributed by atoms with Crippen LogP contribution in [0.25, 0.3) is 0 Å². The van der Waals surface area contributed by atoms with Gasteiger partial charge in [-0.15, -0.1) is 0 Å². The molecule has 74 valence electrons. The summed E-state index contributed by atoms with van der Waals surface area (Å²) in [5.74, 6) is -3.25. The van der Waals surface area contributed by atoms with Crippen LogP contribution >= 0.6 is 0 Å². The Morgan fingerprint density at radius 1 is 1.38 bits per heavy atom. The highest BCUT2D eigenvalue weighted by Crippen LogP contribution is 2.10. The van der Waals surface area contributed by atoms with E-state index in [0.29, 0.717) is 0 Å². The molecule has 0 aromatic heterocycles. The number of hydrogen-bond acceptors (Lipinski definition) is 5. The van der Waals surface area contributed by atoms with Crippen LogP contribution in [-0.4, -0.2) is 45.9 Å². The van der Waals surface area contributed by atoms with Crippen molar-refractivity contribution in [1.29, 1.82) is 0 Å². The van der Waals surface area contributed by atoms with Crippen molar-refractivity contribution in [1.82, 2.24) is 0 Å². The minimum absolute atomic E-state index is 0.0737. The zero-order valence-electron chi connectivity index (χ0n) is 6.47. The maximum Gasteiger partial charge on any atom is 0.339 e. The van der Waals surface area contributed by atoms with Gasteiger partial charge in [-0.1, -0.05) is 0 Å². The number of carbonyl (C=O) groups is 3. The van der Waals surface area contributed by atoms with Crippen LogP contribution in [0.2, 0.25) is 0 Å². The number of ether oxygens (including phenoxy) is 1. The summed E-state index contributed by atoms with van der Waals surface area (Å²) in [5.41, 5.74) is -2.56. The molecule has 0 aliphatic rings. The van der Waals surface area contributed by atoms with Gasteiger partial charge in [-0.2, -0.15) is 0 Å². The van der Waals surface area contributed by atoms with Crippen LogP contribution < -0.4 is 0 Å². The molecule has 0 aliphatic carbocycles. The first-order chi connectivity index (χ1) is 5.92. The molecule has 1 unspecified atom stereocenters. The predicted molar refractivity (Wildman–Crippen MR) is 36.9 cm³/mol. The molecule has 0 aromatic rings. The molecule has 0 rings (SSSR count). The quantitative estimate of drug-likeness (QED) is 0.435. The Morgan fingerprint density at radius 3 is 2.23 bits per heavy atom. The van der Waals surface area contributed by atoms with Gasteiger partial charge in [0.1, 0.15) is 6.61 Å². The fourth-order valence-corrected chi connectivity index (χ4v) is 0.610. The van der Waals surface area contributed by atoms with Gasteiger partial charge in [0.05, 0.1) is 6.42 Å². The Labute approximate surface area is 72.5 Å². The Hall–Kier alpha value is -1.63. The van der Waals surface area contributed by atoms with E-state index in [9.17, 15) is 14.4 Å². The van der Waals surface area contributed by atoms with Crippen LogP contribution in [0, 0.1) is 0 Å². The third kappa shape index (κ3) is 3.52. The molecule has 0 saturated carbocycles. The van der Waals surface area contributed by atoms with Gasteiger partial charge in [0.15, 0.2) is 0 Å². The van der Waals surface area contributed by atoms with Crippen LogP contribution in [0.1, 0.15) is 6.42 Å². The monoisotopic (exact) mass is 192 g/mol. The van der Waals surface area contributed by atoms with Gasteiger partial charge in [0.2, 0.25) is 5.60 Å². The minimum atomic E-state index is -2.56. The summed E-state index contributed by atoms with van der Waals surface area (Å²) in [4.78, 5) is 30.2. The summed E-state index contributed by atoms with van der Waals surface area (Å²) in [6.45, 7) is -0.964. The lowest BCUT2D eigenvalue weighted by Gasteiger charge is -2.19. The van der Waals surface area contributed by atoms with E-state index >= 15 is 0 Å². The molecule has 0 radical (unpaired) electrons. The summed E-state index contributed by atoms with van der Waals surface area (Å²) in [7, 11) is 0. The minimum Gasteiger partial charge on any atom is -0.481 e. The maximum atomic E-state index is 10.4. The third-order valence-corrected chi connectivity index (χ3v) is 1.23. The third-order valence-electron chi connectivity index (χ3n) is 1.23. The van der Waals surface area contributed by atoms with Gasteiger partial charge in [-0.25, -0.2) is 4.79 Å². The highest BCUT2D eigenvalue weighted by molar-refractivity contribution is 5.83. The van der Waals surface area contributed by atoms with Crippen molar-refractivity contribution >= 4 is 18.4 Å². The number of aliphatic carboxylic acids is 2. The van der Waals surface area contributed by atoms with E-state index in [-0.39, 0.29) is 6.47 Å². The van der Waals surface area contributed by atoms with E-state index in [2.05, 4.69) is 4.74 Å². The van der Waals surface area contributed by atoms with Crippen LogP contribution in [0.15, 0.2) is 0 Å². The van der Waals surface area contributed by atoms with E-state index in [1.165, 1.54) is 0 Å². The molecule has 0 spiro atoms. The number of carbonyl (C=O) groups excluding carboxylic acids is 1. The van der Waals surface area contributed by atoms with E-state index in [4.69, 9.17) is 15.3 Å². The number of hydrogen-bond donors (Lipinski definition) is 3. The topological polar surface area (TPSA) is 121 Å². The first-order valence-corrected chi connectivity index (χ1v) is 3.15. The van der Waals surface area contributed by atoms with Gasteiger partial charge < -0.3 is 20.1 Å². The largest absolute Gasteiger partial charge is 0.481 e. The van der Waals surface area contributed by atoms with Crippen LogP contribution in [0.4, 0.5) is 0 Å². The van der Waals surface area contributed by atoms with E-state index in [1.54, 1.807) is 0 Å². The maximum absolute atomic E-state index is 10.4. The molecule has 3 N–H and O–H groups in total. The number of aliphatic hydroxyl groups is 1. The predicted octanol–water partition coefficient (Wildman–Crippen LogP) is -1.55. The second-order valence-electron chi connectivity index (χ2n) is 2.31. The van der Waals surface area contributed by atoms with Crippen LogP contribution in [0.3, 0.4) is 0 Å². The molecular formula is C6H8O7. The van der Waals surface area contributed by atoms with Crippen LogP contribution in [-0.2, 0) is 19.1 Å². The number of carboxylic acid groups (broad SMARTS) is 2. The lowest BCUT2D eigenvalue weighted by atomic mass is 10.0. The summed E-state index contributed by atoms with van der Waals surface area (Å²) >= 11 is 0. The fraction of sp³-hybridized carbons (Fsp3) is 0.500. The molecule has 0 amide bonds. The fourth-order valence-electron chi connectivity index (χ4n) is 0.610. The molecule has 0 heterocycles. The number of rotatable bonds is 6. The average Bonchev–Trinajstić information content (AvgIpc) is 1.99. The lowest BCUT2D eigenvalue weighted by molar-refractivity contribution is -0.172. The van der Waals surface area contributed by atoms with Gasteiger partial charge in [-0.05, 0) is 0 Å². The van der Waals surface area contributed by atoms with Crippen molar-refractivity contribution in [3.63, 3.8) is 0 Å². The summed E-state index contributed by atoms with van der Waals surface area (Å²) < 4.78 is 3.99. The van der Waals surface area contributed by atoms with E-state index in [1.807, 2.05) is 0 Å². The van der Waals surface area contributed by atoms with Crippen molar-refractivity contribution in [2.45, 2.75) is 12.0 Å². The zero-order valence-corrected chi connectivity index (χ0v) is 6.47. The Morgan fingerprint density at radius 2 is 1.92 bits per heavy atom. The molecule has 13 heavy (non-hydrogen) atoms. The normalized spacial score (nSPS) is 14.2. The molecule has 7 heteroatoms. The lowest BCUT2D eigenvalue weighted by Crippen LogP contribution is -2.45. The molecule has 7 nitrogen and oxygen atoms in total. The first-order valence-electron chi connectivity index (χ1n) is 3.15. The molecule has 1 atom stereocenters. The van der Waals surface area contributed by atoms with Crippen molar-refractivity contribution in [2.75, 3.05) is 6.61 Å². The summed E-state index contributed by atoms with van der Waals surface area (Å²) in [6.07, 6.45) is -1.03. The molecule has 0 aromatic carbocycles. The van der Waals surface area contributed by atoms with Gasteiger partial charge >= 0.3 is 11.9 Å². The summed E-state index contributed by atoms with van der Waals surface area (Å²) in [5, 5.41) is 25.8. The number of carboxylic acids is 2. The van der Waals surface area contributed by atoms with Crippen molar-refractivity contribution in [3.8, 4) is 0 Å². The highest BCUT2D eigenvalue weighted by atomic mass is 16.5. The van der Waals surface area contributed by atoms with E-state index in [0.717, 1.165) is 0 Å². The Kier molecular flexibility index (Phi) is 3.86. The Balaban J connectivity index is 4.42. The van der Waals surface area contributed by atoms with Gasteiger partial charge in [0, 0.05) is 0 Å². The molecule has 0 saturated heterocycles. The molecule has 0 aliphatic heterocycles. The summed E-state index contributed by atoms with van der Waals surface area (Å²) in [6, 6.07) is 0. The molecular weight excluding hydrogens is 184 g/mol. The standard InChI is InChI=1S/C6H8O7/c7-3-13-2-6(12,5(10)11)1-4(8)9/h3,12H,1-2H2,(H,8,9)(H,10,11). The second-order valence-corrected chi connectivity index (χ2v) is 2.31. The van der Waals surface area contributed by atoms with Crippen LogP contribution in [0.5, 0.6) is 0 Å². The first kappa shape index (κ1) is 11.4. The zero-order chi connectivity index (χ0) is 10.5. The van der Waals surface area contributed by atoms with Crippen molar-refractivity contribution in [3.05, 3.63) is 0 Å². The van der Waals surface area contributed by atoms with Crippen molar-refractivity contribution in [2.24, 2.45) is 0 Å². The highest BCUT2D eigenvalue weighted by Gasteiger charge is 2.39. The average molecular weight is 192 g/mol. The van der Waals surface area contributed by atoms with Gasteiger partial charge in [0.25, 0.3) is 6.47 Å². The molecule has 0 fully saturated rings. The van der Waals surface area contributed by atoms with Gasteiger partial charge in [-0.3, -0.25) is 9.59 Å². The molecule has 0 bridgehead atoms. The second kappa shape index (κ2) is 4.41. The Bertz CT molecular complexity index is 223. The smallest absolute Gasteiger partial charge is 0.339 e. The van der Waals surface area contributed by atoms with E-state index < -0.39 is 30.6 Å².